The molecule has 0 radical (unpaired) electrons. The summed E-state index contributed by atoms with van der Waals surface area (Å²) in [6.07, 6.45) is 3.39. The quantitative estimate of drug-likeness (QED) is 0.927. The maximum atomic E-state index is 12.8. The lowest BCUT2D eigenvalue weighted by molar-refractivity contribution is -0.0660. The van der Waals surface area contributed by atoms with E-state index in [2.05, 4.69) is 11.9 Å². The zero-order valence-corrected chi connectivity index (χ0v) is 13.5. The van der Waals surface area contributed by atoms with Gasteiger partial charge >= 0.3 is 0 Å². The third-order valence-corrected chi connectivity index (χ3v) is 6.26. The molecule has 116 valence electrons. The number of nitrogens with zero attached hydrogens (tertiary/aromatic N) is 2. The molecule has 1 amide bonds. The number of aliphatic hydroxyl groups is 1. The van der Waals surface area contributed by atoms with Crippen LogP contribution in [0, 0.1) is 11.8 Å². The third-order valence-electron chi connectivity index (χ3n) is 5.47. The molecule has 1 aliphatic heterocycles. The highest BCUT2D eigenvalue weighted by Crippen LogP contribution is 2.44. The van der Waals surface area contributed by atoms with Crippen LogP contribution in [0.25, 0.3) is 10.2 Å². The van der Waals surface area contributed by atoms with Crippen LogP contribution in [0.15, 0.2) is 23.7 Å². The van der Waals surface area contributed by atoms with E-state index in [1.165, 1.54) is 6.42 Å². The normalized spacial score (nSPS) is 29.0. The van der Waals surface area contributed by atoms with Gasteiger partial charge in [0.25, 0.3) is 5.91 Å². The van der Waals surface area contributed by atoms with Crippen molar-refractivity contribution < 1.29 is 9.90 Å². The molecule has 0 bridgehead atoms. The molecule has 22 heavy (non-hydrogen) atoms. The number of amides is 1. The number of benzene rings is 1. The monoisotopic (exact) mass is 316 g/mol. The summed E-state index contributed by atoms with van der Waals surface area (Å²) in [7, 11) is 0. The van der Waals surface area contributed by atoms with Gasteiger partial charge in [0.2, 0.25) is 0 Å². The fourth-order valence-electron chi connectivity index (χ4n) is 3.78. The lowest BCUT2D eigenvalue weighted by atomic mass is 9.69. The second-order valence-corrected chi connectivity index (χ2v) is 7.63. The summed E-state index contributed by atoms with van der Waals surface area (Å²) < 4.78 is 1.03. The van der Waals surface area contributed by atoms with Crippen LogP contribution in [0.3, 0.4) is 0 Å². The Morgan fingerprint density at radius 1 is 1.45 bits per heavy atom. The van der Waals surface area contributed by atoms with E-state index in [1.54, 1.807) is 16.8 Å². The Labute approximate surface area is 133 Å². The predicted molar refractivity (Wildman–Crippen MR) is 87.0 cm³/mol. The molecule has 1 aliphatic carbocycles. The molecular weight excluding hydrogens is 296 g/mol. The van der Waals surface area contributed by atoms with Crippen LogP contribution < -0.4 is 0 Å². The first-order chi connectivity index (χ1) is 10.6. The standard InChI is InChI=1S/C17H20N2O2S/c1-11-8-19(9-17(11,21)13-3-2-4-13)16(20)12-5-6-14-15(7-12)22-10-18-14/h5-7,10-11,13,21H,2-4,8-9H2,1H3. The number of aromatic nitrogens is 1. The number of likely N-dealkylation sites (tertiary alicyclic amines) is 1. The van der Waals surface area contributed by atoms with Gasteiger partial charge < -0.3 is 10.0 Å². The third kappa shape index (κ3) is 2.07. The minimum Gasteiger partial charge on any atom is -0.387 e. The molecule has 2 unspecified atom stereocenters. The second-order valence-electron chi connectivity index (χ2n) is 6.74. The number of hydrogen-bond donors (Lipinski definition) is 1. The Morgan fingerprint density at radius 2 is 2.27 bits per heavy atom. The number of β-amino-alcohol motifs (C(OH)–C–C–N with tert-alkyl or cyclic N) is 1. The van der Waals surface area contributed by atoms with Gasteiger partial charge in [-0.1, -0.05) is 13.3 Å². The summed E-state index contributed by atoms with van der Waals surface area (Å²) >= 11 is 1.55. The zero-order chi connectivity index (χ0) is 15.3. The van der Waals surface area contributed by atoms with E-state index < -0.39 is 5.60 Å². The van der Waals surface area contributed by atoms with Crippen LogP contribution in [0.1, 0.15) is 36.5 Å². The first-order valence-electron chi connectivity index (χ1n) is 7.93. The van der Waals surface area contributed by atoms with E-state index in [-0.39, 0.29) is 11.8 Å². The molecule has 0 spiro atoms. The predicted octanol–water partition coefficient (Wildman–Crippen LogP) is 2.92. The van der Waals surface area contributed by atoms with Crippen molar-refractivity contribution in [1.82, 2.24) is 9.88 Å². The van der Waals surface area contributed by atoms with Crippen molar-refractivity contribution >= 4 is 27.5 Å². The van der Waals surface area contributed by atoms with Crippen LogP contribution in [0.4, 0.5) is 0 Å². The van der Waals surface area contributed by atoms with Crippen molar-refractivity contribution in [2.75, 3.05) is 13.1 Å². The van der Waals surface area contributed by atoms with Crippen LogP contribution in [0.2, 0.25) is 0 Å². The summed E-state index contributed by atoms with van der Waals surface area (Å²) in [5.74, 6) is 0.538. The number of hydrogen-bond acceptors (Lipinski definition) is 4. The Bertz CT molecular complexity index is 724. The lowest BCUT2D eigenvalue weighted by Gasteiger charge is -2.41. The Kier molecular flexibility index (Phi) is 3.24. The fourth-order valence-corrected chi connectivity index (χ4v) is 4.50. The largest absolute Gasteiger partial charge is 0.387 e. The van der Waals surface area contributed by atoms with Gasteiger partial charge in [-0.05, 0) is 37.0 Å². The molecule has 2 aliphatic rings. The zero-order valence-electron chi connectivity index (χ0n) is 12.7. The maximum Gasteiger partial charge on any atom is 0.254 e. The molecule has 4 nitrogen and oxygen atoms in total. The van der Waals surface area contributed by atoms with E-state index in [4.69, 9.17) is 0 Å². The molecule has 2 heterocycles. The number of fused-ring (bicyclic) bond motifs is 1. The summed E-state index contributed by atoms with van der Waals surface area (Å²) in [6.45, 7) is 3.18. The Hall–Kier alpha value is -1.46. The highest BCUT2D eigenvalue weighted by Gasteiger charge is 2.51. The van der Waals surface area contributed by atoms with E-state index in [0.717, 1.165) is 23.1 Å². The van der Waals surface area contributed by atoms with E-state index in [1.807, 2.05) is 23.1 Å². The minimum atomic E-state index is -0.692. The summed E-state index contributed by atoms with van der Waals surface area (Å²) in [5.41, 5.74) is 2.73. The van der Waals surface area contributed by atoms with Crippen molar-refractivity contribution in [3.63, 3.8) is 0 Å². The molecule has 2 aromatic rings. The molecule has 2 fully saturated rings. The highest BCUT2D eigenvalue weighted by molar-refractivity contribution is 7.16. The van der Waals surface area contributed by atoms with Gasteiger partial charge in [0.1, 0.15) is 0 Å². The van der Waals surface area contributed by atoms with Gasteiger partial charge in [-0.15, -0.1) is 11.3 Å². The highest BCUT2D eigenvalue weighted by atomic mass is 32.1. The molecule has 1 aromatic carbocycles. The minimum absolute atomic E-state index is 0.0254. The van der Waals surface area contributed by atoms with E-state index in [9.17, 15) is 9.90 Å². The van der Waals surface area contributed by atoms with Crippen molar-refractivity contribution in [3.05, 3.63) is 29.3 Å². The molecule has 1 N–H and O–H groups in total. The molecule has 5 heteroatoms. The molecular formula is C17H20N2O2S. The van der Waals surface area contributed by atoms with Crippen LogP contribution in [-0.4, -0.2) is 39.6 Å². The topological polar surface area (TPSA) is 53.4 Å². The van der Waals surface area contributed by atoms with Gasteiger partial charge in [0.15, 0.2) is 0 Å². The fraction of sp³-hybridized carbons (Fsp3) is 0.529. The van der Waals surface area contributed by atoms with Crippen molar-refractivity contribution in [1.29, 1.82) is 0 Å². The second kappa shape index (κ2) is 5.03. The molecule has 4 rings (SSSR count). The summed E-state index contributed by atoms with van der Waals surface area (Å²) in [4.78, 5) is 18.8. The van der Waals surface area contributed by atoms with Crippen LogP contribution in [0.5, 0.6) is 0 Å². The van der Waals surface area contributed by atoms with Gasteiger partial charge in [0, 0.05) is 18.0 Å². The Balaban J connectivity index is 1.57. The maximum absolute atomic E-state index is 12.8. The van der Waals surface area contributed by atoms with Crippen molar-refractivity contribution in [3.8, 4) is 0 Å². The molecule has 1 saturated heterocycles. The number of thiazole rings is 1. The number of carbonyl (C=O) groups excluding carboxylic acids is 1. The number of rotatable bonds is 2. The average Bonchev–Trinajstić information content (AvgIpc) is 3.01. The van der Waals surface area contributed by atoms with Gasteiger partial charge in [-0.25, -0.2) is 4.98 Å². The van der Waals surface area contributed by atoms with Crippen LogP contribution in [-0.2, 0) is 0 Å². The van der Waals surface area contributed by atoms with Gasteiger partial charge in [-0.2, -0.15) is 0 Å². The van der Waals surface area contributed by atoms with Crippen molar-refractivity contribution in [2.45, 2.75) is 31.8 Å². The lowest BCUT2D eigenvalue weighted by Crippen LogP contribution is -2.48. The van der Waals surface area contributed by atoms with Gasteiger partial charge in [-0.3, -0.25) is 4.79 Å². The Morgan fingerprint density at radius 3 is 3.00 bits per heavy atom. The molecule has 1 aromatic heterocycles. The average molecular weight is 316 g/mol. The number of carbonyl (C=O) groups is 1. The summed E-state index contributed by atoms with van der Waals surface area (Å²) in [6, 6.07) is 5.66. The van der Waals surface area contributed by atoms with E-state index >= 15 is 0 Å². The van der Waals surface area contributed by atoms with Crippen LogP contribution >= 0.6 is 11.3 Å². The van der Waals surface area contributed by atoms with E-state index in [0.29, 0.717) is 24.6 Å². The molecule has 1 saturated carbocycles. The van der Waals surface area contributed by atoms with Crippen molar-refractivity contribution in [2.24, 2.45) is 11.8 Å². The summed E-state index contributed by atoms with van der Waals surface area (Å²) in [5, 5.41) is 11.0. The van der Waals surface area contributed by atoms with Gasteiger partial charge in [0.05, 0.1) is 27.9 Å². The molecule has 2 atom stereocenters. The first kappa shape index (κ1) is 14.2. The first-order valence-corrected chi connectivity index (χ1v) is 8.81. The smallest absolute Gasteiger partial charge is 0.254 e. The SMILES string of the molecule is CC1CN(C(=O)c2ccc3ncsc3c2)CC1(O)C1CCC1.